The van der Waals surface area contributed by atoms with E-state index in [0.29, 0.717) is 5.56 Å². The van der Waals surface area contributed by atoms with E-state index < -0.39 is 0 Å². The van der Waals surface area contributed by atoms with Crippen LogP contribution >= 0.6 is 15.9 Å². The molecule has 0 aromatic heterocycles. The molecule has 0 fully saturated rings. The third kappa shape index (κ3) is 3.10. The summed E-state index contributed by atoms with van der Waals surface area (Å²) < 4.78 is 0.833. The van der Waals surface area contributed by atoms with Crippen molar-refractivity contribution in [1.29, 1.82) is 0 Å². The van der Waals surface area contributed by atoms with Crippen LogP contribution in [0.15, 0.2) is 46.9 Å². The molecule has 0 N–H and O–H groups in total. The van der Waals surface area contributed by atoms with E-state index in [4.69, 9.17) is 0 Å². The van der Waals surface area contributed by atoms with E-state index in [1.807, 2.05) is 37.3 Å². The zero-order valence-corrected chi connectivity index (χ0v) is 13.6. The van der Waals surface area contributed by atoms with Gasteiger partial charge in [0.1, 0.15) is 0 Å². The molecular weight excluding hydrogens is 314 g/mol. The Morgan fingerprint density at radius 2 is 1.80 bits per heavy atom. The molecule has 0 saturated heterocycles. The highest BCUT2D eigenvalue weighted by Gasteiger charge is 2.16. The zero-order chi connectivity index (χ0) is 14.7. The SMILES string of the molecule is CCc1ccc(N(C)C(=O)c2ccc(C)cc2Br)cc1. The number of nitrogens with zero attached hydrogens (tertiary/aromatic N) is 1. The number of hydrogen-bond acceptors (Lipinski definition) is 1. The standard InChI is InChI=1S/C17H18BrNO/c1-4-13-6-8-14(9-7-13)19(3)17(20)15-10-5-12(2)11-16(15)18/h5-11H,4H2,1-3H3. The molecule has 0 atom stereocenters. The smallest absolute Gasteiger partial charge is 0.259 e. The van der Waals surface area contributed by atoms with Crippen LogP contribution in [0.4, 0.5) is 5.69 Å². The van der Waals surface area contributed by atoms with Crippen LogP contribution in [-0.2, 0) is 6.42 Å². The van der Waals surface area contributed by atoms with E-state index in [1.165, 1.54) is 5.56 Å². The number of carbonyl (C=O) groups excluding carboxylic acids is 1. The molecule has 0 bridgehead atoms. The predicted molar refractivity (Wildman–Crippen MR) is 87.4 cm³/mol. The van der Waals surface area contributed by atoms with Gasteiger partial charge in [0.15, 0.2) is 0 Å². The number of rotatable bonds is 3. The maximum absolute atomic E-state index is 12.5. The van der Waals surface area contributed by atoms with Gasteiger partial charge < -0.3 is 4.90 Å². The van der Waals surface area contributed by atoms with Crippen molar-refractivity contribution in [3.05, 3.63) is 63.6 Å². The molecule has 0 spiro atoms. The second-order valence-corrected chi connectivity index (χ2v) is 5.72. The van der Waals surface area contributed by atoms with Gasteiger partial charge in [0, 0.05) is 17.2 Å². The molecule has 1 amide bonds. The molecule has 0 unspecified atom stereocenters. The van der Waals surface area contributed by atoms with Gasteiger partial charge in [0.25, 0.3) is 5.91 Å². The summed E-state index contributed by atoms with van der Waals surface area (Å²) in [6.07, 6.45) is 1.00. The average molecular weight is 332 g/mol. The van der Waals surface area contributed by atoms with E-state index in [1.54, 1.807) is 11.9 Å². The van der Waals surface area contributed by atoms with E-state index in [-0.39, 0.29) is 5.91 Å². The lowest BCUT2D eigenvalue weighted by Crippen LogP contribution is -2.26. The van der Waals surface area contributed by atoms with Crippen molar-refractivity contribution >= 4 is 27.5 Å². The minimum absolute atomic E-state index is 0.0128. The molecule has 20 heavy (non-hydrogen) atoms. The van der Waals surface area contributed by atoms with Crippen LogP contribution in [0.5, 0.6) is 0 Å². The minimum Gasteiger partial charge on any atom is -0.311 e. The van der Waals surface area contributed by atoms with Gasteiger partial charge in [-0.05, 0) is 64.7 Å². The summed E-state index contributed by atoms with van der Waals surface area (Å²) in [6, 6.07) is 13.9. The lowest BCUT2D eigenvalue weighted by atomic mass is 10.1. The first kappa shape index (κ1) is 14.8. The number of aryl methyl sites for hydroxylation is 2. The van der Waals surface area contributed by atoms with Crippen molar-refractivity contribution < 1.29 is 4.79 Å². The van der Waals surface area contributed by atoms with Crippen molar-refractivity contribution in [2.24, 2.45) is 0 Å². The molecule has 2 aromatic carbocycles. The van der Waals surface area contributed by atoms with E-state index in [9.17, 15) is 4.79 Å². The molecule has 0 aliphatic rings. The van der Waals surface area contributed by atoms with Crippen LogP contribution < -0.4 is 4.90 Å². The average Bonchev–Trinajstić information content (AvgIpc) is 2.46. The highest BCUT2D eigenvalue weighted by atomic mass is 79.9. The van der Waals surface area contributed by atoms with Gasteiger partial charge in [-0.25, -0.2) is 0 Å². The van der Waals surface area contributed by atoms with Gasteiger partial charge in [-0.1, -0.05) is 25.1 Å². The third-order valence-corrected chi connectivity index (χ3v) is 4.05. The Balaban J connectivity index is 2.27. The number of carbonyl (C=O) groups is 1. The molecule has 0 heterocycles. The van der Waals surface area contributed by atoms with Crippen molar-refractivity contribution in [2.75, 3.05) is 11.9 Å². The molecule has 2 aromatic rings. The number of halogens is 1. The van der Waals surface area contributed by atoms with Crippen LogP contribution in [0.1, 0.15) is 28.4 Å². The lowest BCUT2D eigenvalue weighted by molar-refractivity contribution is 0.0992. The summed E-state index contributed by atoms with van der Waals surface area (Å²) in [7, 11) is 1.80. The Kier molecular flexibility index (Phi) is 4.61. The third-order valence-electron chi connectivity index (χ3n) is 3.39. The fourth-order valence-corrected chi connectivity index (χ4v) is 2.71. The van der Waals surface area contributed by atoms with Gasteiger partial charge >= 0.3 is 0 Å². The van der Waals surface area contributed by atoms with Gasteiger partial charge in [-0.15, -0.1) is 0 Å². The van der Waals surface area contributed by atoms with E-state index in [0.717, 1.165) is 22.1 Å². The first-order valence-corrected chi connectivity index (χ1v) is 7.45. The summed E-state index contributed by atoms with van der Waals surface area (Å²) in [5.74, 6) is -0.0128. The second-order valence-electron chi connectivity index (χ2n) is 4.87. The highest BCUT2D eigenvalue weighted by molar-refractivity contribution is 9.10. The maximum Gasteiger partial charge on any atom is 0.259 e. The molecule has 0 saturated carbocycles. The largest absolute Gasteiger partial charge is 0.311 e. The minimum atomic E-state index is -0.0128. The summed E-state index contributed by atoms with van der Waals surface area (Å²) in [5, 5.41) is 0. The van der Waals surface area contributed by atoms with E-state index in [2.05, 4.69) is 35.0 Å². The summed E-state index contributed by atoms with van der Waals surface area (Å²) >= 11 is 3.46. The Morgan fingerprint density at radius 3 is 2.35 bits per heavy atom. The molecule has 2 rings (SSSR count). The summed E-state index contributed by atoms with van der Waals surface area (Å²) in [4.78, 5) is 14.2. The molecule has 0 radical (unpaired) electrons. The summed E-state index contributed by atoms with van der Waals surface area (Å²) in [6.45, 7) is 4.12. The predicted octanol–water partition coefficient (Wildman–Crippen LogP) is 4.60. The van der Waals surface area contributed by atoms with Crippen LogP contribution in [0, 0.1) is 6.92 Å². The Morgan fingerprint density at radius 1 is 1.15 bits per heavy atom. The molecular formula is C17H18BrNO. The maximum atomic E-state index is 12.5. The molecule has 104 valence electrons. The molecule has 0 aliphatic carbocycles. The van der Waals surface area contributed by atoms with Gasteiger partial charge in [-0.2, -0.15) is 0 Å². The van der Waals surface area contributed by atoms with Crippen molar-refractivity contribution in [3.63, 3.8) is 0 Å². The first-order chi connectivity index (χ1) is 9.52. The van der Waals surface area contributed by atoms with Crippen LogP contribution in [0.25, 0.3) is 0 Å². The Hall–Kier alpha value is -1.61. The molecule has 3 heteroatoms. The first-order valence-electron chi connectivity index (χ1n) is 6.66. The topological polar surface area (TPSA) is 20.3 Å². The number of benzene rings is 2. The molecule has 2 nitrogen and oxygen atoms in total. The Bertz CT molecular complexity index is 619. The Labute approximate surface area is 128 Å². The van der Waals surface area contributed by atoms with E-state index >= 15 is 0 Å². The van der Waals surface area contributed by atoms with Crippen molar-refractivity contribution in [1.82, 2.24) is 0 Å². The van der Waals surface area contributed by atoms with Crippen molar-refractivity contribution in [3.8, 4) is 0 Å². The van der Waals surface area contributed by atoms with Gasteiger partial charge in [-0.3, -0.25) is 4.79 Å². The lowest BCUT2D eigenvalue weighted by Gasteiger charge is -2.18. The second kappa shape index (κ2) is 6.23. The highest BCUT2D eigenvalue weighted by Crippen LogP contribution is 2.22. The monoisotopic (exact) mass is 331 g/mol. The fourth-order valence-electron chi connectivity index (χ4n) is 2.05. The normalized spacial score (nSPS) is 10.4. The number of hydrogen-bond donors (Lipinski definition) is 0. The number of anilines is 1. The van der Waals surface area contributed by atoms with Crippen LogP contribution in [0.2, 0.25) is 0 Å². The van der Waals surface area contributed by atoms with Crippen molar-refractivity contribution in [2.45, 2.75) is 20.3 Å². The summed E-state index contributed by atoms with van der Waals surface area (Å²) in [5.41, 5.74) is 3.98. The number of amides is 1. The van der Waals surface area contributed by atoms with Crippen LogP contribution in [-0.4, -0.2) is 13.0 Å². The van der Waals surface area contributed by atoms with Gasteiger partial charge in [0.2, 0.25) is 0 Å². The van der Waals surface area contributed by atoms with Crippen LogP contribution in [0.3, 0.4) is 0 Å². The quantitative estimate of drug-likeness (QED) is 0.805. The van der Waals surface area contributed by atoms with Gasteiger partial charge in [0.05, 0.1) is 5.56 Å². The molecule has 0 aliphatic heterocycles. The zero-order valence-electron chi connectivity index (χ0n) is 12.0. The fraction of sp³-hybridized carbons (Fsp3) is 0.235.